The summed E-state index contributed by atoms with van der Waals surface area (Å²) in [6.07, 6.45) is 0. The number of ether oxygens (including phenoxy) is 1. The minimum absolute atomic E-state index is 0.0234. The maximum absolute atomic E-state index is 5.43. The van der Waals surface area contributed by atoms with Crippen molar-refractivity contribution in [2.75, 3.05) is 12.0 Å². The maximum Gasteiger partial charge on any atom is 0.140 e. The first-order valence-corrected chi connectivity index (χ1v) is 11.0. The van der Waals surface area contributed by atoms with Gasteiger partial charge in [-0.15, -0.1) is 0 Å². The van der Waals surface area contributed by atoms with Gasteiger partial charge in [-0.3, -0.25) is 4.68 Å². The molecule has 0 bridgehead atoms. The summed E-state index contributed by atoms with van der Waals surface area (Å²) in [6.45, 7) is 6.71. The molecule has 4 aromatic rings. The van der Waals surface area contributed by atoms with Gasteiger partial charge < -0.3 is 9.64 Å². The Bertz CT molecular complexity index is 1250. The van der Waals surface area contributed by atoms with E-state index in [1.54, 1.807) is 7.11 Å². The van der Waals surface area contributed by atoms with E-state index in [1.165, 1.54) is 22.3 Å². The topological polar surface area (TPSA) is 30.3 Å². The van der Waals surface area contributed by atoms with E-state index in [1.807, 2.05) is 12.1 Å². The lowest BCUT2D eigenvalue weighted by atomic mass is 9.81. The fourth-order valence-electron chi connectivity index (χ4n) is 4.76. The average Bonchev–Trinajstić information content (AvgIpc) is 3.17. The lowest BCUT2D eigenvalue weighted by Gasteiger charge is -2.40. The number of hydrogen-bond acceptors (Lipinski definition) is 3. The molecule has 0 saturated heterocycles. The van der Waals surface area contributed by atoms with E-state index in [2.05, 4.69) is 104 Å². The summed E-state index contributed by atoms with van der Waals surface area (Å²) in [5, 5.41) is 5.05. The van der Waals surface area contributed by atoms with Crippen LogP contribution >= 0.6 is 0 Å². The fourth-order valence-corrected chi connectivity index (χ4v) is 4.76. The van der Waals surface area contributed by atoms with Crippen molar-refractivity contribution in [1.29, 1.82) is 0 Å². The van der Waals surface area contributed by atoms with Crippen LogP contribution in [-0.4, -0.2) is 16.9 Å². The van der Waals surface area contributed by atoms with E-state index in [0.717, 1.165) is 22.9 Å². The van der Waals surface area contributed by atoms with Crippen LogP contribution in [0.4, 0.5) is 11.5 Å². The van der Waals surface area contributed by atoms with Gasteiger partial charge in [-0.05, 0) is 41.0 Å². The second-order valence-corrected chi connectivity index (χ2v) is 9.39. The Morgan fingerprint density at radius 1 is 0.844 bits per heavy atom. The molecule has 5 rings (SSSR count). The number of benzene rings is 3. The summed E-state index contributed by atoms with van der Waals surface area (Å²) >= 11 is 0. The van der Waals surface area contributed by atoms with E-state index >= 15 is 0 Å². The lowest BCUT2D eigenvalue weighted by molar-refractivity contribution is 0.414. The standard InChI is InChI=1S/C28H29N3O/c1-28(2,3)26-24-22-13-9-10-14-23(22)25(19-15-17-21(32-5)18-16-19)31(27(24)30(4)29-26)20-11-7-6-8-12-20/h6-18,25H,1-5H3. The number of methoxy groups -OCH3 is 1. The Morgan fingerprint density at radius 3 is 2.16 bits per heavy atom. The molecule has 1 aliphatic rings. The SMILES string of the molecule is COc1ccc(C2c3ccccc3-c3c(C(C)(C)C)nn(C)c3N2c2ccccc2)cc1. The van der Waals surface area contributed by atoms with Crippen LogP contribution in [-0.2, 0) is 12.5 Å². The zero-order valence-corrected chi connectivity index (χ0v) is 19.3. The van der Waals surface area contributed by atoms with Crippen molar-refractivity contribution in [3.8, 4) is 16.9 Å². The molecule has 3 aromatic carbocycles. The highest BCUT2D eigenvalue weighted by atomic mass is 16.5. The van der Waals surface area contributed by atoms with Gasteiger partial charge in [-0.25, -0.2) is 0 Å². The first-order chi connectivity index (χ1) is 15.4. The maximum atomic E-state index is 5.43. The van der Waals surface area contributed by atoms with Crippen molar-refractivity contribution in [2.24, 2.45) is 7.05 Å². The monoisotopic (exact) mass is 423 g/mol. The normalized spacial score (nSPS) is 15.3. The first-order valence-electron chi connectivity index (χ1n) is 11.0. The second kappa shape index (κ2) is 7.56. The molecule has 1 aliphatic heterocycles. The minimum Gasteiger partial charge on any atom is -0.497 e. The van der Waals surface area contributed by atoms with Gasteiger partial charge in [0.25, 0.3) is 0 Å². The van der Waals surface area contributed by atoms with Gasteiger partial charge in [0.1, 0.15) is 11.6 Å². The summed E-state index contributed by atoms with van der Waals surface area (Å²) < 4.78 is 7.48. The van der Waals surface area contributed by atoms with Gasteiger partial charge >= 0.3 is 0 Å². The van der Waals surface area contributed by atoms with Gasteiger partial charge in [0.05, 0.1) is 18.8 Å². The molecule has 0 amide bonds. The van der Waals surface area contributed by atoms with Gasteiger partial charge in [0.15, 0.2) is 0 Å². The Hall–Kier alpha value is -3.53. The van der Waals surface area contributed by atoms with E-state index < -0.39 is 0 Å². The van der Waals surface area contributed by atoms with Crippen LogP contribution in [0.3, 0.4) is 0 Å². The zero-order valence-electron chi connectivity index (χ0n) is 19.3. The van der Waals surface area contributed by atoms with Crippen molar-refractivity contribution in [3.63, 3.8) is 0 Å². The molecule has 0 fully saturated rings. The van der Waals surface area contributed by atoms with E-state index in [4.69, 9.17) is 9.84 Å². The molecule has 4 heteroatoms. The molecule has 0 spiro atoms. The fraction of sp³-hybridized carbons (Fsp3) is 0.250. The summed E-state index contributed by atoms with van der Waals surface area (Å²) in [5.41, 5.74) is 7.17. The smallest absolute Gasteiger partial charge is 0.140 e. The van der Waals surface area contributed by atoms with Crippen LogP contribution in [0.5, 0.6) is 5.75 Å². The molecule has 32 heavy (non-hydrogen) atoms. The first kappa shape index (κ1) is 20.4. The number of anilines is 2. The predicted molar refractivity (Wildman–Crippen MR) is 131 cm³/mol. The summed E-state index contributed by atoms with van der Waals surface area (Å²) in [7, 11) is 3.76. The highest BCUT2D eigenvalue weighted by Crippen LogP contribution is 2.53. The molecular formula is C28H29N3O. The highest BCUT2D eigenvalue weighted by molar-refractivity contribution is 5.89. The Kier molecular flexibility index (Phi) is 4.81. The highest BCUT2D eigenvalue weighted by Gasteiger charge is 2.39. The van der Waals surface area contributed by atoms with Crippen molar-refractivity contribution >= 4 is 11.5 Å². The Morgan fingerprint density at radius 2 is 1.50 bits per heavy atom. The number of fused-ring (bicyclic) bond motifs is 3. The number of para-hydroxylation sites is 1. The van der Waals surface area contributed by atoms with Gasteiger partial charge in [-0.2, -0.15) is 5.10 Å². The van der Waals surface area contributed by atoms with Crippen molar-refractivity contribution in [1.82, 2.24) is 9.78 Å². The molecule has 1 unspecified atom stereocenters. The average molecular weight is 424 g/mol. The summed E-state index contributed by atoms with van der Waals surface area (Å²) in [5.74, 6) is 1.99. The largest absolute Gasteiger partial charge is 0.497 e. The molecule has 0 radical (unpaired) electrons. The third-order valence-electron chi connectivity index (χ3n) is 6.20. The lowest BCUT2D eigenvalue weighted by Crippen LogP contribution is -2.30. The van der Waals surface area contributed by atoms with Crippen LogP contribution < -0.4 is 9.64 Å². The number of nitrogens with zero attached hydrogens (tertiary/aromatic N) is 3. The summed E-state index contributed by atoms with van der Waals surface area (Å²) in [4.78, 5) is 2.43. The predicted octanol–water partition coefficient (Wildman–Crippen LogP) is 6.63. The number of aryl methyl sites for hydroxylation is 1. The van der Waals surface area contributed by atoms with Crippen LogP contribution in [0.25, 0.3) is 11.1 Å². The summed E-state index contributed by atoms with van der Waals surface area (Å²) in [6, 6.07) is 27.8. The number of hydrogen-bond donors (Lipinski definition) is 0. The second-order valence-electron chi connectivity index (χ2n) is 9.39. The van der Waals surface area contributed by atoms with Crippen LogP contribution in [0.1, 0.15) is 43.6 Å². The third-order valence-corrected chi connectivity index (χ3v) is 6.20. The molecule has 162 valence electrons. The molecule has 0 saturated carbocycles. The van der Waals surface area contributed by atoms with Crippen molar-refractivity contribution in [2.45, 2.75) is 32.2 Å². The van der Waals surface area contributed by atoms with Gasteiger partial charge in [0, 0.05) is 23.7 Å². The quantitative estimate of drug-likeness (QED) is 0.370. The van der Waals surface area contributed by atoms with Crippen LogP contribution in [0.15, 0.2) is 78.9 Å². The molecule has 0 aliphatic carbocycles. The molecule has 2 heterocycles. The Balaban J connectivity index is 1.84. The van der Waals surface area contributed by atoms with Crippen LogP contribution in [0, 0.1) is 0 Å². The van der Waals surface area contributed by atoms with Crippen molar-refractivity contribution in [3.05, 3.63) is 95.7 Å². The number of aromatic nitrogens is 2. The molecule has 4 nitrogen and oxygen atoms in total. The molecular weight excluding hydrogens is 394 g/mol. The molecule has 0 N–H and O–H groups in total. The number of rotatable bonds is 3. The van der Waals surface area contributed by atoms with Crippen molar-refractivity contribution < 1.29 is 4.74 Å². The third kappa shape index (κ3) is 3.18. The van der Waals surface area contributed by atoms with Crippen LogP contribution in [0.2, 0.25) is 0 Å². The van der Waals surface area contributed by atoms with E-state index in [0.29, 0.717) is 0 Å². The molecule has 1 aromatic heterocycles. The molecule has 1 atom stereocenters. The minimum atomic E-state index is -0.0756. The van der Waals surface area contributed by atoms with Gasteiger partial charge in [0.2, 0.25) is 0 Å². The zero-order chi connectivity index (χ0) is 22.5. The van der Waals surface area contributed by atoms with Gasteiger partial charge in [-0.1, -0.05) is 75.4 Å². The van der Waals surface area contributed by atoms with E-state index in [-0.39, 0.29) is 11.5 Å². The van der Waals surface area contributed by atoms with E-state index in [9.17, 15) is 0 Å². The Labute approximate surface area is 190 Å².